The second kappa shape index (κ2) is 6.54. The lowest BCUT2D eigenvalue weighted by Gasteiger charge is -2.27. The maximum Gasteiger partial charge on any atom is 0.243 e. The van der Waals surface area contributed by atoms with Crippen LogP contribution in [0.5, 0.6) is 0 Å². The molecule has 0 radical (unpaired) electrons. The summed E-state index contributed by atoms with van der Waals surface area (Å²) in [5.74, 6) is 0.828. The second-order valence-electron chi connectivity index (χ2n) is 5.77. The van der Waals surface area contributed by atoms with Crippen molar-refractivity contribution >= 4 is 23.2 Å². The van der Waals surface area contributed by atoms with Gasteiger partial charge in [0.15, 0.2) is 0 Å². The molecule has 22 heavy (non-hydrogen) atoms. The van der Waals surface area contributed by atoms with Crippen molar-refractivity contribution in [3.05, 3.63) is 40.8 Å². The van der Waals surface area contributed by atoms with Crippen LogP contribution in [0.15, 0.2) is 35.3 Å². The van der Waals surface area contributed by atoms with E-state index in [0.717, 1.165) is 13.0 Å². The highest BCUT2D eigenvalue weighted by Crippen LogP contribution is 2.33. The fourth-order valence-electron chi connectivity index (χ4n) is 3.07. The molecule has 1 aliphatic heterocycles. The van der Waals surface area contributed by atoms with Gasteiger partial charge in [0, 0.05) is 25.0 Å². The molecule has 1 amide bonds. The first-order valence-electron chi connectivity index (χ1n) is 7.51. The molecular formula is C16H20N4OS. The molecule has 1 saturated heterocycles. The zero-order valence-electron chi connectivity index (χ0n) is 12.8. The highest BCUT2D eigenvalue weighted by Gasteiger charge is 2.35. The maximum absolute atomic E-state index is 12.4. The molecule has 1 N–H and O–H groups in total. The van der Waals surface area contributed by atoms with Crippen molar-refractivity contribution < 1.29 is 4.79 Å². The van der Waals surface area contributed by atoms with Crippen LogP contribution in [-0.4, -0.2) is 39.4 Å². The summed E-state index contributed by atoms with van der Waals surface area (Å²) in [7, 11) is 0. The van der Waals surface area contributed by atoms with Crippen molar-refractivity contribution in [3.63, 3.8) is 0 Å². The lowest BCUT2D eigenvalue weighted by molar-refractivity contribution is -0.121. The fourth-order valence-corrected chi connectivity index (χ4v) is 3.82. The number of aromatic nitrogens is 2. The normalized spacial score (nSPS) is 23.4. The van der Waals surface area contributed by atoms with Crippen LogP contribution < -0.4 is 5.32 Å². The minimum absolute atomic E-state index is 0.0518. The molecular weight excluding hydrogens is 296 g/mol. The largest absolute Gasteiger partial charge is 0.293 e. The summed E-state index contributed by atoms with van der Waals surface area (Å²) in [6.07, 6.45) is 4.34. The van der Waals surface area contributed by atoms with Crippen molar-refractivity contribution in [1.82, 2.24) is 14.9 Å². The minimum atomic E-state index is -0.192. The third kappa shape index (κ3) is 3.18. The smallest absolute Gasteiger partial charge is 0.243 e. The summed E-state index contributed by atoms with van der Waals surface area (Å²) < 4.78 is 0. The van der Waals surface area contributed by atoms with E-state index in [1.54, 1.807) is 29.8 Å². The SMILES string of the molecule is CC1CC(c2ccsc2)CN1C(C)C(=O)Nc1ncccn1. The lowest BCUT2D eigenvalue weighted by atomic mass is 10.00. The molecule has 0 saturated carbocycles. The molecule has 0 aromatic carbocycles. The Bertz CT molecular complexity index is 616. The van der Waals surface area contributed by atoms with Crippen LogP contribution in [0.2, 0.25) is 0 Å². The molecule has 1 aliphatic rings. The van der Waals surface area contributed by atoms with Gasteiger partial charge in [0.25, 0.3) is 0 Å². The van der Waals surface area contributed by atoms with E-state index in [2.05, 4.69) is 43.9 Å². The standard InChI is InChI=1S/C16H20N4OS/c1-11-8-14(13-4-7-22-10-13)9-20(11)12(2)15(21)19-16-17-5-3-6-18-16/h3-7,10-12,14H,8-9H2,1-2H3,(H,17,18,19,21). The van der Waals surface area contributed by atoms with E-state index in [1.807, 2.05) is 6.92 Å². The van der Waals surface area contributed by atoms with Gasteiger partial charge in [-0.15, -0.1) is 0 Å². The summed E-state index contributed by atoms with van der Waals surface area (Å²) in [5, 5.41) is 7.12. The predicted octanol–water partition coefficient (Wildman–Crippen LogP) is 2.74. The molecule has 3 atom stereocenters. The highest BCUT2D eigenvalue weighted by atomic mass is 32.1. The molecule has 116 valence electrons. The number of hydrogen-bond donors (Lipinski definition) is 1. The van der Waals surface area contributed by atoms with Crippen LogP contribution in [0.25, 0.3) is 0 Å². The van der Waals surface area contributed by atoms with Gasteiger partial charge in [-0.05, 0) is 54.6 Å². The molecule has 3 unspecified atom stereocenters. The molecule has 3 rings (SSSR count). The molecule has 3 heterocycles. The molecule has 0 aliphatic carbocycles. The number of likely N-dealkylation sites (tertiary alicyclic amines) is 1. The van der Waals surface area contributed by atoms with Crippen LogP contribution in [0.3, 0.4) is 0 Å². The number of amides is 1. The molecule has 6 heteroatoms. The summed E-state index contributed by atoms with van der Waals surface area (Å²) in [6, 6.07) is 4.12. The first-order chi connectivity index (χ1) is 10.6. The van der Waals surface area contributed by atoms with Gasteiger partial charge in [-0.1, -0.05) is 0 Å². The topological polar surface area (TPSA) is 58.1 Å². The van der Waals surface area contributed by atoms with Gasteiger partial charge in [-0.25, -0.2) is 9.97 Å². The number of thiophene rings is 1. The van der Waals surface area contributed by atoms with Gasteiger partial charge in [0.2, 0.25) is 11.9 Å². The maximum atomic E-state index is 12.4. The van der Waals surface area contributed by atoms with Gasteiger partial charge in [0.05, 0.1) is 6.04 Å². The van der Waals surface area contributed by atoms with Crippen LogP contribution in [-0.2, 0) is 4.79 Å². The Labute approximate surface area is 134 Å². The Morgan fingerprint density at radius 3 is 2.91 bits per heavy atom. The highest BCUT2D eigenvalue weighted by molar-refractivity contribution is 7.07. The van der Waals surface area contributed by atoms with Crippen LogP contribution in [0.4, 0.5) is 5.95 Å². The summed E-state index contributed by atoms with van der Waals surface area (Å²) >= 11 is 1.73. The Morgan fingerprint density at radius 1 is 1.45 bits per heavy atom. The summed E-state index contributed by atoms with van der Waals surface area (Å²) in [6.45, 7) is 5.06. The molecule has 0 spiro atoms. The number of rotatable bonds is 4. The Kier molecular flexibility index (Phi) is 4.49. The predicted molar refractivity (Wildman–Crippen MR) is 88.0 cm³/mol. The number of nitrogens with zero attached hydrogens (tertiary/aromatic N) is 3. The second-order valence-corrected chi connectivity index (χ2v) is 6.55. The molecule has 5 nitrogen and oxygen atoms in total. The number of anilines is 1. The average molecular weight is 316 g/mol. The number of carbonyl (C=O) groups is 1. The number of nitrogens with one attached hydrogen (secondary N) is 1. The minimum Gasteiger partial charge on any atom is -0.293 e. The first-order valence-corrected chi connectivity index (χ1v) is 8.45. The van der Waals surface area contributed by atoms with Crippen molar-refractivity contribution in [3.8, 4) is 0 Å². The third-order valence-electron chi connectivity index (χ3n) is 4.32. The molecule has 2 aromatic rings. The molecule has 2 aromatic heterocycles. The molecule has 0 bridgehead atoms. The monoisotopic (exact) mass is 316 g/mol. The average Bonchev–Trinajstić information content (AvgIpc) is 3.16. The van der Waals surface area contributed by atoms with Gasteiger partial charge in [-0.2, -0.15) is 11.3 Å². The van der Waals surface area contributed by atoms with E-state index in [1.165, 1.54) is 5.56 Å². The quantitative estimate of drug-likeness (QED) is 0.942. The third-order valence-corrected chi connectivity index (χ3v) is 5.02. The van der Waals surface area contributed by atoms with Crippen molar-refractivity contribution in [2.24, 2.45) is 0 Å². The van der Waals surface area contributed by atoms with Crippen molar-refractivity contribution in [1.29, 1.82) is 0 Å². The van der Waals surface area contributed by atoms with E-state index < -0.39 is 0 Å². The number of carbonyl (C=O) groups excluding carboxylic acids is 1. The number of hydrogen-bond acceptors (Lipinski definition) is 5. The summed E-state index contributed by atoms with van der Waals surface area (Å²) in [4.78, 5) is 22.8. The van der Waals surface area contributed by atoms with Crippen molar-refractivity contribution in [2.45, 2.75) is 38.3 Å². The van der Waals surface area contributed by atoms with Crippen LogP contribution in [0.1, 0.15) is 31.7 Å². The Morgan fingerprint density at radius 2 is 2.23 bits per heavy atom. The van der Waals surface area contributed by atoms with Gasteiger partial charge < -0.3 is 0 Å². The Balaban J connectivity index is 1.64. The zero-order valence-corrected chi connectivity index (χ0v) is 13.6. The zero-order chi connectivity index (χ0) is 15.5. The van der Waals surface area contributed by atoms with Gasteiger partial charge in [-0.3, -0.25) is 15.0 Å². The van der Waals surface area contributed by atoms with Gasteiger partial charge in [0.1, 0.15) is 0 Å². The van der Waals surface area contributed by atoms with E-state index in [-0.39, 0.29) is 11.9 Å². The van der Waals surface area contributed by atoms with E-state index in [9.17, 15) is 4.79 Å². The van der Waals surface area contributed by atoms with E-state index in [0.29, 0.717) is 17.9 Å². The fraction of sp³-hybridized carbons (Fsp3) is 0.438. The van der Waals surface area contributed by atoms with E-state index in [4.69, 9.17) is 0 Å². The first kappa shape index (κ1) is 15.1. The summed E-state index contributed by atoms with van der Waals surface area (Å²) in [5.41, 5.74) is 1.39. The van der Waals surface area contributed by atoms with Crippen molar-refractivity contribution in [2.75, 3.05) is 11.9 Å². The lowest BCUT2D eigenvalue weighted by Crippen LogP contribution is -2.44. The van der Waals surface area contributed by atoms with Crippen LogP contribution >= 0.6 is 11.3 Å². The Hall–Kier alpha value is -1.79. The molecule has 1 fully saturated rings. The van der Waals surface area contributed by atoms with E-state index >= 15 is 0 Å². The van der Waals surface area contributed by atoms with Crippen LogP contribution in [0, 0.1) is 0 Å². The van der Waals surface area contributed by atoms with Gasteiger partial charge >= 0.3 is 0 Å².